The first-order valence-corrected chi connectivity index (χ1v) is 9.17. The first-order chi connectivity index (χ1) is 13.9. The highest BCUT2D eigenvalue weighted by atomic mass is 16.6. The third kappa shape index (κ3) is 5.28. The van der Waals surface area contributed by atoms with Crippen LogP contribution in [0.2, 0.25) is 0 Å². The second-order valence-corrected chi connectivity index (χ2v) is 7.76. The van der Waals surface area contributed by atoms with Crippen molar-refractivity contribution in [1.82, 2.24) is 0 Å². The number of nitro groups is 1. The Morgan fingerprint density at radius 1 is 0.933 bits per heavy atom. The number of hydrogen-bond donors (Lipinski definition) is 0. The van der Waals surface area contributed by atoms with E-state index in [-0.39, 0.29) is 16.5 Å². The number of Topliss-reactive ketones (excluding diaryl/α,β-unsaturated/α-hetero) is 1. The van der Waals surface area contributed by atoms with Gasteiger partial charge in [-0.25, -0.2) is 9.59 Å². The molecule has 0 aromatic heterocycles. The molecule has 1 atom stereocenters. The van der Waals surface area contributed by atoms with E-state index in [1.165, 1.54) is 6.92 Å². The van der Waals surface area contributed by atoms with Gasteiger partial charge in [0.15, 0.2) is 6.10 Å². The standard InChI is InChI=1S/C22H23NO7/c1-13(19(24)14-6-8-17(9-7-14)22(2,3)4)30-21(26)16-10-15(20(25)29-5)11-18(12-16)23(27)28/h6-13H,1-5H3/t13-/m1/s1. The van der Waals surface area contributed by atoms with Gasteiger partial charge in [0.1, 0.15) is 0 Å². The maximum atomic E-state index is 12.6. The fourth-order valence-corrected chi connectivity index (χ4v) is 2.72. The Hall–Kier alpha value is -3.55. The number of benzene rings is 2. The van der Waals surface area contributed by atoms with Crippen molar-refractivity contribution in [1.29, 1.82) is 0 Å². The van der Waals surface area contributed by atoms with Crippen LogP contribution in [0.25, 0.3) is 0 Å². The second-order valence-electron chi connectivity index (χ2n) is 7.76. The Labute approximate surface area is 174 Å². The zero-order valence-corrected chi connectivity index (χ0v) is 17.4. The van der Waals surface area contributed by atoms with Gasteiger partial charge in [0.2, 0.25) is 5.78 Å². The van der Waals surface area contributed by atoms with Gasteiger partial charge in [-0.3, -0.25) is 14.9 Å². The molecule has 0 saturated carbocycles. The van der Waals surface area contributed by atoms with Crippen molar-refractivity contribution in [3.05, 3.63) is 74.8 Å². The van der Waals surface area contributed by atoms with E-state index >= 15 is 0 Å². The lowest BCUT2D eigenvalue weighted by molar-refractivity contribution is -0.384. The van der Waals surface area contributed by atoms with E-state index in [0.717, 1.165) is 30.9 Å². The van der Waals surface area contributed by atoms with Gasteiger partial charge in [0, 0.05) is 17.7 Å². The molecule has 8 heteroatoms. The average molecular weight is 413 g/mol. The number of rotatable bonds is 6. The lowest BCUT2D eigenvalue weighted by atomic mass is 9.86. The molecule has 30 heavy (non-hydrogen) atoms. The fourth-order valence-electron chi connectivity index (χ4n) is 2.72. The van der Waals surface area contributed by atoms with E-state index in [1.54, 1.807) is 12.1 Å². The number of non-ortho nitro benzene ring substituents is 1. The third-order valence-corrected chi connectivity index (χ3v) is 4.47. The molecule has 0 saturated heterocycles. The summed E-state index contributed by atoms with van der Waals surface area (Å²) in [5.74, 6) is -2.21. The molecule has 0 aliphatic carbocycles. The van der Waals surface area contributed by atoms with Crippen LogP contribution in [0.15, 0.2) is 42.5 Å². The van der Waals surface area contributed by atoms with Crippen LogP contribution in [0.5, 0.6) is 0 Å². The van der Waals surface area contributed by atoms with Gasteiger partial charge in [-0.15, -0.1) is 0 Å². The molecule has 0 radical (unpaired) electrons. The Balaban J connectivity index is 2.22. The van der Waals surface area contributed by atoms with E-state index < -0.39 is 34.4 Å². The summed E-state index contributed by atoms with van der Waals surface area (Å²) >= 11 is 0. The summed E-state index contributed by atoms with van der Waals surface area (Å²) < 4.78 is 9.74. The maximum Gasteiger partial charge on any atom is 0.339 e. The van der Waals surface area contributed by atoms with Crippen molar-refractivity contribution in [2.24, 2.45) is 0 Å². The lowest BCUT2D eigenvalue weighted by Gasteiger charge is -2.19. The number of ketones is 1. The number of hydrogen-bond acceptors (Lipinski definition) is 7. The molecule has 8 nitrogen and oxygen atoms in total. The molecule has 2 rings (SSSR count). The normalized spacial score (nSPS) is 12.0. The van der Waals surface area contributed by atoms with Crippen LogP contribution < -0.4 is 0 Å². The van der Waals surface area contributed by atoms with Crippen LogP contribution in [0.1, 0.15) is 64.3 Å². The van der Waals surface area contributed by atoms with Gasteiger partial charge in [0.05, 0.1) is 23.2 Å². The first-order valence-electron chi connectivity index (χ1n) is 9.17. The summed E-state index contributed by atoms with van der Waals surface area (Å²) in [5, 5.41) is 11.1. The molecule has 0 fully saturated rings. The third-order valence-electron chi connectivity index (χ3n) is 4.47. The summed E-state index contributed by atoms with van der Waals surface area (Å²) in [7, 11) is 1.12. The van der Waals surface area contributed by atoms with Gasteiger partial charge in [-0.05, 0) is 24.0 Å². The van der Waals surface area contributed by atoms with Crippen molar-refractivity contribution in [2.45, 2.75) is 39.2 Å². The minimum Gasteiger partial charge on any atom is -0.465 e. The molecule has 0 spiro atoms. The predicted octanol–water partition coefficient (Wildman–Crippen LogP) is 4.11. The van der Waals surface area contributed by atoms with E-state index in [4.69, 9.17) is 4.74 Å². The van der Waals surface area contributed by atoms with Gasteiger partial charge < -0.3 is 9.47 Å². The number of nitro benzene ring substituents is 1. The Bertz CT molecular complexity index is 988. The number of nitrogens with zero attached hydrogens (tertiary/aromatic N) is 1. The van der Waals surface area contributed by atoms with Crippen molar-refractivity contribution < 1.29 is 28.8 Å². The summed E-state index contributed by atoms with van der Waals surface area (Å²) in [6, 6.07) is 10.1. The Kier molecular flexibility index (Phi) is 6.71. The highest BCUT2D eigenvalue weighted by Gasteiger charge is 2.24. The molecular weight excluding hydrogens is 390 g/mol. The molecule has 0 unspecified atom stereocenters. The number of carbonyl (C=O) groups excluding carboxylic acids is 3. The van der Waals surface area contributed by atoms with E-state index in [0.29, 0.717) is 5.56 Å². The predicted molar refractivity (Wildman–Crippen MR) is 109 cm³/mol. The fraction of sp³-hybridized carbons (Fsp3) is 0.318. The van der Waals surface area contributed by atoms with Gasteiger partial charge >= 0.3 is 11.9 Å². The van der Waals surface area contributed by atoms with Crippen LogP contribution >= 0.6 is 0 Å². The van der Waals surface area contributed by atoms with Crippen molar-refractivity contribution in [3.8, 4) is 0 Å². The summed E-state index contributed by atoms with van der Waals surface area (Å²) in [5.41, 5.74) is 0.483. The maximum absolute atomic E-state index is 12.6. The molecule has 0 bridgehead atoms. The number of esters is 2. The zero-order chi connectivity index (χ0) is 22.6. The number of methoxy groups -OCH3 is 1. The highest BCUT2D eigenvalue weighted by Crippen LogP contribution is 2.23. The zero-order valence-electron chi connectivity index (χ0n) is 17.4. The molecular formula is C22H23NO7. The summed E-state index contributed by atoms with van der Waals surface area (Å²) in [6.45, 7) is 7.57. The molecule has 0 aliphatic heterocycles. The molecule has 0 N–H and O–H groups in total. The summed E-state index contributed by atoms with van der Waals surface area (Å²) in [6.07, 6.45) is -1.13. The minimum absolute atomic E-state index is 0.0704. The monoisotopic (exact) mass is 413 g/mol. The number of carbonyl (C=O) groups is 3. The van der Waals surface area contributed by atoms with E-state index in [1.807, 2.05) is 12.1 Å². The topological polar surface area (TPSA) is 113 Å². The van der Waals surface area contributed by atoms with Gasteiger partial charge in [0.25, 0.3) is 5.69 Å². The highest BCUT2D eigenvalue weighted by molar-refractivity contribution is 6.02. The molecule has 2 aromatic carbocycles. The van der Waals surface area contributed by atoms with Crippen LogP contribution in [0.4, 0.5) is 5.69 Å². The van der Waals surface area contributed by atoms with Crippen LogP contribution in [-0.4, -0.2) is 35.9 Å². The van der Waals surface area contributed by atoms with Crippen molar-refractivity contribution >= 4 is 23.4 Å². The minimum atomic E-state index is -1.13. The smallest absolute Gasteiger partial charge is 0.339 e. The van der Waals surface area contributed by atoms with Crippen molar-refractivity contribution in [2.75, 3.05) is 7.11 Å². The van der Waals surface area contributed by atoms with Crippen LogP contribution in [-0.2, 0) is 14.9 Å². The molecule has 2 aromatic rings. The van der Waals surface area contributed by atoms with Gasteiger partial charge in [-0.1, -0.05) is 45.0 Å². The van der Waals surface area contributed by atoms with E-state index in [2.05, 4.69) is 25.5 Å². The van der Waals surface area contributed by atoms with Crippen LogP contribution in [0, 0.1) is 10.1 Å². The molecule has 0 amide bonds. The molecule has 158 valence electrons. The second kappa shape index (κ2) is 8.86. The molecule has 0 heterocycles. The molecule has 0 aliphatic rings. The summed E-state index contributed by atoms with van der Waals surface area (Å²) in [4.78, 5) is 47.2. The Morgan fingerprint density at radius 2 is 1.47 bits per heavy atom. The van der Waals surface area contributed by atoms with E-state index in [9.17, 15) is 24.5 Å². The largest absolute Gasteiger partial charge is 0.465 e. The van der Waals surface area contributed by atoms with Crippen LogP contribution in [0.3, 0.4) is 0 Å². The lowest BCUT2D eigenvalue weighted by Crippen LogP contribution is -2.25. The van der Waals surface area contributed by atoms with Gasteiger partial charge in [-0.2, -0.15) is 0 Å². The quantitative estimate of drug-likeness (QED) is 0.303. The SMILES string of the molecule is COC(=O)c1cc(C(=O)O[C@H](C)C(=O)c2ccc(C(C)(C)C)cc2)cc([N+](=O)[O-])c1. The Morgan fingerprint density at radius 3 is 1.93 bits per heavy atom. The number of ether oxygens (including phenoxy) is 2. The first kappa shape index (κ1) is 22.7. The average Bonchev–Trinajstić information content (AvgIpc) is 2.71. The van der Waals surface area contributed by atoms with Crippen molar-refractivity contribution in [3.63, 3.8) is 0 Å².